The topological polar surface area (TPSA) is 12.0 Å². The van der Waals surface area contributed by atoms with E-state index in [-0.39, 0.29) is 6.04 Å². The molecule has 1 N–H and O–H groups in total. The van der Waals surface area contributed by atoms with Gasteiger partial charge in [0.1, 0.15) is 0 Å². The zero-order chi connectivity index (χ0) is 42.6. The molecule has 0 amide bonds. The molecule has 1 nitrogen and oxygen atoms in total. The molecule has 0 aromatic heterocycles. The molecule has 302 valence electrons. The van der Waals surface area contributed by atoms with E-state index in [1.165, 1.54) is 122 Å². The van der Waals surface area contributed by atoms with Gasteiger partial charge in [0.25, 0.3) is 0 Å². The molecule has 0 radical (unpaired) electrons. The number of fused-ring (bicyclic) bond motifs is 15. The van der Waals surface area contributed by atoms with Gasteiger partial charge >= 0.3 is 0 Å². The lowest BCUT2D eigenvalue weighted by atomic mass is 9.69. The van der Waals surface area contributed by atoms with Crippen molar-refractivity contribution in [2.75, 3.05) is 5.32 Å². The summed E-state index contributed by atoms with van der Waals surface area (Å²) in [7, 11) is 0. The lowest BCUT2D eigenvalue weighted by Gasteiger charge is -2.34. The molecule has 14 rings (SSSR count). The molecular formula is C64H41N. The maximum Gasteiger partial charge on any atom is 0.0773 e. The third-order valence-electron chi connectivity index (χ3n) is 14.7. The number of hydrogen-bond acceptors (Lipinski definition) is 1. The summed E-state index contributed by atoms with van der Waals surface area (Å²) in [6, 6.07) is 88.3. The third kappa shape index (κ3) is 5.10. The van der Waals surface area contributed by atoms with E-state index in [2.05, 4.69) is 242 Å². The predicted octanol–water partition coefficient (Wildman–Crippen LogP) is 16.5. The molecule has 1 unspecified atom stereocenters. The van der Waals surface area contributed by atoms with Gasteiger partial charge in [-0.3, -0.25) is 0 Å². The Morgan fingerprint density at radius 3 is 1.26 bits per heavy atom. The van der Waals surface area contributed by atoms with E-state index in [0.29, 0.717) is 0 Å². The van der Waals surface area contributed by atoms with Crippen LogP contribution in [0.15, 0.2) is 237 Å². The van der Waals surface area contributed by atoms with Crippen molar-refractivity contribution in [3.05, 3.63) is 270 Å². The highest BCUT2D eigenvalue weighted by atomic mass is 14.9. The molecule has 1 aliphatic heterocycles. The molecule has 0 saturated carbocycles. The minimum absolute atomic E-state index is 0.0409. The zero-order valence-corrected chi connectivity index (χ0v) is 35.6. The van der Waals surface area contributed by atoms with Gasteiger partial charge in [0, 0.05) is 11.3 Å². The van der Waals surface area contributed by atoms with Gasteiger partial charge in [-0.2, -0.15) is 0 Å². The second-order valence-corrected chi connectivity index (χ2v) is 17.9. The summed E-state index contributed by atoms with van der Waals surface area (Å²) in [5, 5.41) is 9.07. The Morgan fingerprint density at radius 1 is 0.292 bits per heavy atom. The third-order valence-corrected chi connectivity index (χ3v) is 14.7. The molecule has 0 bridgehead atoms. The number of para-hydroxylation sites is 1. The molecule has 11 aromatic carbocycles. The van der Waals surface area contributed by atoms with Gasteiger partial charge in [0.2, 0.25) is 0 Å². The molecule has 1 heterocycles. The molecule has 1 heteroatoms. The fourth-order valence-corrected chi connectivity index (χ4v) is 12.0. The first kappa shape index (κ1) is 36.2. The first-order valence-corrected chi connectivity index (χ1v) is 22.8. The van der Waals surface area contributed by atoms with Crippen LogP contribution in [-0.4, -0.2) is 0 Å². The largest absolute Gasteiger partial charge is 0.374 e. The van der Waals surface area contributed by atoms with Crippen LogP contribution in [-0.2, 0) is 5.41 Å². The number of benzene rings is 11. The van der Waals surface area contributed by atoms with Crippen LogP contribution >= 0.6 is 0 Å². The maximum atomic E-state index is 4.04. The van der Waals surface area contributed by atoms with E-state index in [1.54, 1.807) is 0 Å². The van der Waals surface area contributed by atoms with Crippen molar-refractivity contribution in [3.8, 4) is 66.8 Å². The standard InChI is InChI=1S/C64H41N/c1-2-16-40(17-3-1)41-30-32-42(33-31-41)61-49-22-4-6-24-51(49)62(52-25-7-5-23-50(52)61)43-34-36-44(37-35-43)63-55-38-54-47-20-10-14-28-58(47)64(59(54)39-53(55)48-21-11-15-29-60(48)65-63)56-26-12-8-18-45(56)46-19-9-13-27-57(46)64/h1-39,63,65H. The summed E-state index contributed by atoms with van der Waals surface area (Å²) in [5.74, 6) is 0. The Labute approximate surface area is 379 Å². The molecular weight excluding hydrogens is 783 g/mol. The Bertz CT molecular complexity index is 3630. The lowest BCUT2D eigenvalue weighted by Crippen LogP contribution is -2.26. The second-order valence-electron chi connectivity index (χ2n) is 17.9. The first-order valence-electron chi connectivity index (χ1n) is 22.8. The Kier molecular flexibility index (Phi) is 7.73. The van der Waals surface area contributed by atoms with Crippen molar-refractivity contribution in [2.45, 2.75) is 11.5 Å². The van der Waals surface area contributed by atoms with Crippen molar-refractivity contribution in [3.63, 3.8) is 0 Å². The van der Waals surface area contributed by atoms with Crippen molar-refractivity contribution in [1.82, 2.24) is 0 Å². The van der Waals surface area contributed by atoms with Gasteiger partial charge in [-0.1, -0.05) is 218 Å². The van der Waals surface area contributed by atoms with Crippen LogP contribution in [0.3, 0.4) is 0 Å². The van der Waals surface area contributed by atoms with Crippen LogP contribution < -0.4 is 5.32 Å². The predicted molar refractivity (Wildman–Crippen MR) is 271 cm³/mol. The summed E-state index contributed by atoms with van der Waals surface area (Å²) in [6.07, 6.45) is 0. The van der Waals surface area contributed by atoms with Crippen LogP contribution in [0, 0.1) is 0 Å². The summed E-state index contributed by atoms with van der Waals surface area (Å²) in [5.41, 5.74) is 24.1. The normalized spacial score (nSPS) is 14.6. The first-order chi connectivity index (χ1) is 32.3. The van der Waals surface area contributed by atoms with E-state index in [4.69, 9.17) is 0 Å². The van der Waals surface area contributed by atoms with Crippen LogP contribution in [0.5, 0.6) is 0 Å². The summed E-state index contributed by atoms with van der Waals surface area (Å²) >= 11 is 0. The smallest absolute Gasteiger partial charge is 0.0773 e. The Balaban J connectivity index is 0.922. The fraction of sp³-hybridized carbons (Fsp3) is 0.0312. The second kappa shape index (κ2) is 13.9. The molecule has 11 aromatic rings. The fourth-order valence-electron chi connectivity index (χ4n) is 12.0. The van der Waals surface area contributed by atoms with Crippen molar-refractivity contribution < 1.29 is 0 Å². The molecule has 1 spiro atoms. The van der Waals surface area contributed by atoms with E-state index < -0.39 is 5.41 Å². The number of rotatable bonds is 4. The monoisotopic (exact) mass is 823 g/mol. The van der Waals surface area contributed by atoms with Gasteiger partial charge < -0.3 is 5.32 Å². The number of hydrogen-bond donors (Lipinski definition) is 1. The van der Waals surface area contributed by atoms with Gasteiger partial charge in [-0.25, -0.2) is 0 Å². The average Bonchev–Trinajstić information content (AvgIpc) is 3.84. The number of nitrogens with one attached hydrogen (secondary N) is 1. The molecule has 0 fully saturated rings. The van der Waals surface area contributed by atoms with Gasteiger partial charge in [-0.15, -0.1) is 0 Å². The zero-order valence-electron chi connectivity index (χ0n) is 35.6. The van der Waals surface area contributed by atoms with Gasteiger partial charge in [-0.05, 0) is 134 Å². The quantitative estimate of drug-likeness (QED) is 0.174. The van der Waals surface area contributed by atoms with E-state index in [1.807, 2.05) is 0 Å². The minimum Gasteiger partial charge on any atom is -0.374 e. The van der Waals surface area contributed by atoms with Crippen LogP contribution in [0.1, 0.15) is 39.4 Å². The van der Waals surface area contributed by atoms with Crippen LogP contribution in [0.2, 0.25) is 0 Å². The Morgan fingerprint density at radius 2 is 0.708 bits per heavy atom. The summed E-state index contributed by atoms with van der Waals surface area (Å²) in [4.78, 5) is 0. The highest BCUT2D eigenvalue weighted by molar-refractivity contribution is 6.21. The summed E-state index contributed by atoms with van der Waals surface area (Å²) in [6.45, 7) is 0. The lowest BCUT2D eigenvalue weighted by molar-refractivity contribution is 0.792. The van der Waals surface area contributed by atoms with E-state index in [9.17, 15) is 0 Å². The minimum atomic E-state index is -0.391. The van der Waals surface area contributed by atoms with Crippen molar-refractivity contribution in [2.24, 2.45) is 0 Å². The van der Waals surface area contributed by atoms with Crippen molar-refractivity contribution >= 4 is 27.2 Å². The average molecular weight is 824 g/mol. The Hall–Kier alpha value is -8.26. The highest BCUT2D eigenvalue weighted by Gasteiger charge is 2.52. The van der Waals surface area contributed by atoms with E-state index >= 15 is 0 Å². The molecule has 1 atom stereocenters. The molecule has 2 aliphatic carbocycles. The van der Waals surface area contributed by atoms with Crippen LogP contribution in [0.4, 0.5) is 5.69 Å². The number of anilines is 1. The maximum absolute atomic E-state index is 4.04. The SMILES string of the molecule is c1ccc(-c2ccc(-c3c4ccccc4c(-c4ccc(C5Nc6ccccc6-c6cc7c(cc65)-c5ccccc5C75c6ccccc6-c6ccccc65)cc4)c4ccccc34)cc2)cc1. The van der Waals surface area contributed by atoms with Crippen molar-refractivity contribution in [1.29, 1.82) is 0 Å². The molecule has 65 heavy (non-hydrogen) atoms. The molecule has 0 saturated heterocycles. The van der Waals surface area contributed by atoms with Gasteiger partial charge in [0.15, 0.2) is 0 Å². The molecule has 3 aliphatic rings. The van der Waals surface area contributed by atoms with E-state index in [0.717, 1.165) is 5.69 Å². The summed E-state index contributed by atoms with van der Waals surface area (Å²) < 4.78 is 0. The van der Waals surface area contributed by atoms with Crippen LogP contribution in [0.25, 0.3) is 88.3 Å². The van der Waals surface area contributed by atoms with Gasteiger partial charge in [0.05, 0.1) is 11.5 Å². The highest BCUT2D eigenvalue weighted by Crippen LogP contribution is 2.64.